The Bertz CT molecular complexity index is 300. The molecule has 0 amide bonds. The molecule has 1 aromatic heterocycles. The van der Waals surface area contributed by atoms with Gasteiger partial charge < -0.3 is 11.1 Å². The van der Waals surface area contributed by atoms with Crippen LogP contribution in [0.2, 0.25) is 0 Å². The molecule has 1 rings (SSSR count). The highest BCUT2D eigenvalue weighted by molar-refractivity contribution is 8.00. The Morgan fingerprint density at radius 3 is 2.47 bits per heavy atom. The molecule has 0 bridgehead atoms. The van der Waals surface area contributed by atoms with Crippen molar-refractivity contribution in [3.8, 4) is 0 Å². The number of thioether (sulfide) groups is 1. The van der Waals surface area contributed by atoms with Gasteiger partial charge in [0.2, 0.25) is 5.95 Å². The lowest BCUT2D eigenvalue weighted by Crippen LogP contribution is -2.11. The first-order valence-corrected chi connectivity index (χ1v) is 4.98. The number of anilines is 2. The summed E-state index contributed by atoms with van der Waals surface area (Å²) in [5.74, 6) is 0.184. The highest BCUT2D eigenvalue weighted by Gasteiger charge is 2.27. The minimum absolute atomic E-state index is 0.0861. The number of nitrogens with two attached hydrogens (primary N) is 1. The molecule has 3 N–H and O–H groups in total. The van der Waals surface area contributed by atoms with Crippen molar-refractivity contribution >= 4 is 23.4 Å². The summed E-state index contributed by atoms with van der Waals surface area (Å²) in [5, 5.41) is 2.65. The number of nitrogen functional groups attached to an aromatic ring is 1. The lowest BCUT2D eigenvalue weighted by atomic mass is 10.6. The van der Waals surface area contributed by atoms with E-state index in [4.69, 9.17) is 5.73 Å². The van der Waals surface area contributed by atoms with E-state index in [1.807, 2.05) is 0 Å². The number of aromatic nitrogens is 2. The van der Waals surface area contributed by atoms with Crippen LogP contribution in [-0.2, 0) is 0 Å². The molecule has 0 unspecified atom stereocenters. The smallest absolute Gasteiger partial charge is 0.396 e. The predicted octanol–water partition coefficient (Wildman–Crippen LogP) is 1.72. The summed E-state index contributed by atoms with van der Waals surface area (Å²) in [7, 11) is 0. The molecule has 1 aromatic rings. The molecule has 0 radical (unpaired) electrons. The zero-order valence-electron chi connectivity index (χ0n) is 7.58. The molecule has 8 heteroatoms. The minimum Gasteiger partial charge on any atom is -0.396 e. The Morgan fingerprint density at radius 1 is 1.33 bits per heavy atom. The van der Waals surface area contributed by atoms with E-state index >= 15 is 0 Å². The van der Waals surface area contributed by atoms with E-state index in [9.17, 15) is 13.2 Å². The lowest BCUT2D eigenvalue weighted by molar-refractivity contribution is -0.0327. The van der Waals surface area contributed by atoms with Crippen molar-refractivity contribution in [3.63, 3.8) is 0 Å². The van der Waals surface area contributed by atoms with Gasteiger partial charge in [-0.2, -0.15) is 13.2 Å². The van der Waals surface area contributed by atoms with Crippen molar-refractivity contribution in [1.82, 2.24) is 9.97 Å². The first-order chi connectivity index (χ1) is 6.97. The van der Waals surface area contributed by atoms with Gasteiger partial charge in [-0.15, -0.1) is 0 Å². The van der Waals surface area contributed by atoms with Gasteiger partial charge in [-0.1, -0.05) is 0 Å². The van der Waals surface area contributed by atoms with Crippen LogP contribution < -0.4 is 11.1 Å². The van der Waals surface area contributed by atoms with Gasteiger partial charge in [0.25, 0.3) is 0 Å². The molecule has 0 aliphatic heterocycles. The number of hydrogen-bond acceptors (Lipinski definition) is 5. The highest BCUT2D eigenvalue weighted by atomic mass is 32.2. The first kappa shape index (κ1) is 11.9. The van der Waals surface area contributed by atoms with E-state index in [1.165, 1.54) is 12.4 Å². The second-order valence-electron chi connectivity index (χ2n) is 2.56. The van der Waals surface area contributed by atoms with E-state index in [0.717, 1.165) is 0 Å². The maximum atomic E-state index is 11.7. The fourth-order valence-electron chi connectivity index (χ4n) is 0.759. The van der Waals surface area contributed by atoms with Crippen molar-refractivity contribution in [1.29, 1.82) is 0 Å². The Hall–Kier alpha value is -1.18. The third-order valence-electron chi connectivity index (χ3n) is 1.32. The first-order valence-electron chi connectivity index (χ1n) is 3.99. The molecule has 0 aliphatic rings. The van der Waals surface area contributed by atoms with Crippen LogP contribution in [0.4, 0.5) is 24.8 Å². The summed E-state index contributed by atoms with van der Waals surface area (Å²) < 4.78 is 35.2. The minimum atomic E-state index is -4.19. The van der Waals surface area contributed by atoms with Crippen molar-refractivity contribution in [2.24, 2.45) is 0 Å². The SMILES string of the molecule is Nc1cnc(NCCSC(F)(F)F)nc1. The van der Waals surface area contributed by atoms with Gasteiger partial charge in [-0.3, -0.25) is 0 Å². The van der Waals surface area contributed by atoms with E-state index in [0.29, 0.717) is 5.69 Å². The topological polar surface area (TPSA) is 63.8 Å². The van der Waals surface area contributed by atoms with Gasteiger partial charge in [-0.05, 0) is 11.8 Å². The third kappa shape index (κ3) is 5.31. The number of halogens is 3. The summed E-state index contributed by atoms with van der Waals surface area (Å²) in [4.78, 5) is 7.55. The Kier molecular flexibility index (Phi) is 4.01. The molecule has 0 spiro atoms. The predicted molar refractivity (Wildman–Crippen MR) is 53.4 cm³/mol. The van der Waals surface area contributed by atoms with Crippen LogP contribution in [0.15, 0.2) is 12.4 Å². The average Bonchev–Trinajstić information content (AvgIpc) is 2.14. The zero-order chi connectivity index (χ0) is 11.3. The monoisotopic (exact) mass is 238 g/mol. The molecule has 0 aliphatic carbocycles. The van der Waals surface area contributed by atoms with E-state index in [1.54, 1.807) is 0 Å². The standard InChI is InChI=1S/C7H9F3N4S/c8-7(9,10)15-2-1-12-6-13-3-5(11)4-14-6/h3-4H,1-2,11H2,(H,12,13,14). The van der Waals surface area contributed by atoms with Crippen LogP contribution in [0.5, 0.6) is 0 Å². The lowest BCUT2D eigenvalue weighted by Gasteiger charge is -2.06. The van der Waals surface area contributed by atoms with Crippen LogP contribution in [0.3, 0.4) is 0 Å². The van der Waals surface area contributed by atoms with E-state index < -0.39 is 5.51 Å². The van der Waals surface area contributed by atoms with Crippen molar-refractivity contribution < 1.29 is 13.2 Å². The van der Waals surface area contributed by atoms with E-state index in [-0.39, 0.29) is 30.0 Å². The Labute approximate surface area is 88.5 Å². The summed E-state index contributed by atoms with van der Waals surface area (Å²) in [6, 6.07) is 0. The summed E-state index contributed by atoms with van der Waals surface area (Å²) >= 11 is -0.0868. The molecule has 0 saturated heterocycles. The van der Waals surface area contributed by atoms with Crippen LogP contribution in [-0.4, -0.2) is 27.8 Å². The number of nitrogens with one attached hydrogen (secondary N) is 1. The largest absolute Gasteiger partial charge is 0.441 e. The summed E-state index contributed by atoms with van der Waals surface area (Å²) in [6.45, 7) is 0.147. The third-order valence-corrected chi connectivity index (χ3v) is 2.06. The van der Waals surface area contributed by atoms with Gasteiger partial charge in [0.15, 0.2) is 0 Å². The van der Waals surface area contributed by atoms with Crippen LogP contribution in [0, 0.1) is 0 Å². The number of nitrogens with zero attached hydrogens (tertiary/aromatic N) is 2. The quantitative estimate of drug-likeness (QED) is 0.782. The van der Waals surface area contributed by atoms with Crippen LogP contribution in [0.25, 0.3) is 0 Å². The van der Waals surface area contributed by atoms with Crippen molar-refractivity contribution in [2.75, 3.05) is 23.3 Å². The van der Waals surface area contributed by atoms with Gasteiger partial charge in [-0.25, -0.2) is 9.97 Å². The molecule has 15 heavy (non-hydrogen) atoms. The van der Waals surface area contributed by atoms with Gasteiger partial charge >= 0.3 is 5.51 Å². The van der Waals surface area contributed by atoms with Gasteiger partial charge in [0.05, 0.1) is 18.1 Å². The molecule has 84 valence electrons. The van der Waals surface area contributed by atoms with Crippen molar-refractivity contribution in [2.45, 2.75) is 5.51 Å². The molecule has 1 heterocycles. The van der Waals surface area contributed by atoms with Gasteiger partial charge in [0.1, 0.15) is 0 Å². The second kappa shape index (κ2) is 5.06. The zero-order valence-corrected chi connectivity index (χ0v) is 8.40. The molecule has 0 fully saturated rings. The van der Waals surface area contributed by atoms with Crippen LogP contribution in [0.1, 0.15) is 0 Å². The molecule has 0 atom stereocenters. The highest BCUT2D eigenvalue weighted by Crippen LogP contribution is 2.29. The normalized spacial score (nSPS) is 11.4. The van der Waals surface area contributed by atoms with Crippen molar-refractivity contribution in [3.05, 3.63) is 12.4 Å². The fourth-order valence-corrected chi connectivity index (χ4v) is 1.19. The maximum Gasteiger partial charge on any atom is 0.441 e. The van der Waals surface area contributed by atoms with Gasteiger partial charge in [0, 0.05) is 12.3 Å². The number of hydrogen-bond donors (Lipinski definition) is 2. The molecule has 0 aromatic carbocycles. The summed E-state index contributed by atoms with van der Waals surface area (Å²) in [6.07, 6.45) is 2.76. The fraction of sp³-hybridized carbons (Fsp3) is 0.429. The average molecular weight is 238 g/mol. The van der Waals surface area contributed by atoms with Crippen LogP contribution >= 0.6 is 11.8 Å². The molecule has 0 saturated carbocycles. The molecular weight excluding hydrogens is 229 g/mol. The molecule has 4 nitrogen and oxygen atoms in total. The second-order valence-corrected chi connectivity index (χ2v) is 3.72. The number of alkyl halides is 3. The Morgan fingerprint density at radius 2 is 1.93 bits per heavy atom. The van der Waals surface area contributed by atoms with E-state index in [2.05, 4.69) is 15.3 Å². The molecular formula is C7H9F3N4S. The number of rotatable bonds is 4. The summed E-state index contributed by atoms with van der Waals surface area (Å²) in [5.41, 5.74) is 1.55. The maximum absolute atomic E-state index is 11.7. The Balaban J connectivity index is 2.23.